The summed E-state index contributed by atoms with van der Waals surface area (Å²) in [5.74, 6) is -1.13. The fraction of sp³-hybridized carbons (Fsp3) is 0.833. The minimum absolute atomic E-state index is 0.0713. The summed E-state index contributed by atoms with van der Waals surface area (Å²) >= 11 is 0. The third-order valence-corrected chi connectivity index (χ3v) is 3.37. The molecule has 0 aliphatic carbocycles. The van der Waals surface area contributed by atoms with Gasteiger partial charge in [-0.25, -0.2) is 9.59 Å². The number of carboxylic acid groups (broad SMARTS) is 1. The highest BCUT2D eigenvalue weighted by molar-refractivity contribution is 5.81. The molecule has 102 valence electrons. The molecule has 0 bridgehead atoms. The number of carbonyl (C=O) groups excluding carboxylic acids is 1. The lowest BCUT2D eigenvalue weighted by molar-refractivity contribution is -0.160. The topological polar surface area (TPSA) is 76.1 Å². The number of carbonyl (C=O) groups is 2. The summed E-state index contributed by atoms with van der Waals surface area (Å²) in [6, 6.07) is 0. The van der Waals surface area contributed by atoms with Crippen LogP contribution in [-0.4, -0.2) is 53.0 Å². The molecular weight excluding hydrogens is 238 g/mol. The number of rotatable bonds is 1. The molecule has 2 heterocycles. The van der Waals surface area contributed by atoms with Gasteiger partial charge in [-0.15, -0.1) is 0 Å². The largest absolute Gasteiger partial charge is 0.479 e. The van der Waals surface area contributed by atoms with Gasteiger partial charge in [0.1, 0.15) is 5.60 Å². The summed E-state index contributed by atoms with van der Waals surface area (Å²) in [6.07, 6.45) is 0.201. The maximum absolute atomic E-state index is 11.9. The van der Waals surface area contributed by atoms with E-state index in [1.54, 1.807) is 20.8 Å². The Kier molecular flexibility index (Phi) is 3.01. The Balaban J connectivity index is 2.08. The third kappa shape index (κ3) is 2.16. The number of amides is 1. The summed E-state index contributed by atoms with van der Waals surface area (Å²) < 4.78 is 10.6. The van der Waals surface area contributed by atoms with Crippen molar-refractivity contribution >= 4 is 12.1 Å². The molecule has 0 aromatic rings. The number of likely N-dealkylation sites (tertiary alicyclic amines) is 1. The number of carboxylic acids is 1. The lowest BCUT2D eigenvalue weighted by Gasteiger charge is -2.26. The monoisotopic (exact) mass is 257 g/mol. The second kappa shape index (κ2) is 4.12. The highest BCUT2D eigenvalue weighted by atomic mass is 16.6. The first-order valence-corrected chi connectivity index (χ1v) is 6.10. The van der Waals surface area contributed by atoms with Gasteiger partial charge in [0, 0.05) is 19.1 Å². The van der Waals surface area contributed by atoms with Crippen molar-refractivity contribution in [1.82, 2.24) is 4.90 Å². The van der Waals surface area contributed by atoms with Crippen LogP contribution in [0.2, 0.25) is 0 Å². The number of nitrogens with zero attached hydrogens (tertiary/aromatic N) is 1. The molecule has 2 fully saturated rings. The average molecular weight is 257 g/mol. The molecule has 0 radical (unpaired) electrons. The van der Waals surface area contributed by atoms with Crippen molar-refractivity contribution in [2.45, 2.75) is 38.4 Å². The van der Waals surface area contributed by atoms with Crippen molar-refractivity contribution in [1.29, 1.82) is 0 Å². The Bertz CT molecular complexity index is 375. The molecule has 0 saturated carbocycles. The van der Waals surface area contributed by atoms with Crippen molar-refractivity contribution in [3.63, 3.8) is 0 Å². The molecule has 0 aromatic carbocycles. The highest BCUT2D eigenvalue weighted by Gasteiger charge is 2.58. The van der Waals surface area contributed by atoms with E-state index >= 15 is 0 Å². The Hall–Kier alpha value is -1.30. The molecule has 2 aliphatic rings. The van der Waals surface area contributed by atoms with Gasteiger partial charge in [-0.05, 0) is 27.2 Å². The zero-order valence-corrected chi connectivity index (χ0v) is 10.9. The molecule has 0 aromatic heterocycles. The summed E-state index contributed by atoms with van der Waals surface area (Å²) in [5.41, 5.74) is -1.80. The summed E-state index contributed by atoms with van der Waals surface area (Å²) in [7, 11) is 0. The second-order valence-corrected chi connectivity index (χ2v) is 5.89. The third-order valence-electron chi connectivity index (χ3n) is 3.37. The van der Waals surface area contributed by atoms with Crippen molar-refractivity contribution in [2.24, 2.45) is 5.92 Å². The van der Waals surface area contributed by atoms with Gasteiger partial charge in [-0.2, -0.15) is 0 Å². The standard InChI is InChI=1S/C12H19NO5/c1-11(2,3)18-10(16)13-6-8-4-5-17-12(8,7-13)9(14)15/h8H,4-7H2,1-3H3,(H,14,15). The van der Waals surface area contributed by atoms with Crippen LogP contribution in [0.1, 0.15) is 27.2 Å². The van der Waals surface area contributed by atoms with Crippen LogP contribution in [0.5, 0.6) is 0 Å². The van der Waals surface area contributed by atoms with E-state index in [1.807, 2.05) is 0 Å². The maximum atomic E-state index is 11.9. The van der Waals surface area contributed by atoms with E-state index in [9.17, 15) is 14.7 Å². The van der Waals surface area contributed by atoms with Crippen LogP contribution in [-0.2, 0) is 14.3 Å². The van der Waals surface area contributed by atoms with E-state index in [1.165, 1.54) is 4.90 Å². The number of aliphatic carboxylic acids is 1. The summed E-state index contributed by atoms with van der Waals surface area (Å²) in [6.45, 7) is 6.25. The molecule has 2 aliphatic heterocycles. The second-order valence-electron chi connectivity index (χ2n) is 5.89. The lowest BCUT2D eigenvalue weighted by Crippen LogP contribution is -2.46. The number of ether oxygens (including phenoxy) is 2. The van der Waals surface area contributed by atoms with E-state index in [2.05, 4.69) is 0 Å². The Morgan fingerprint density at radius 1 is 1.44 bits per heavy atom. The van der Waals surface area contributed by atoms with Crippen LogP contribution < -0.4 is 0 Å². The molecule has 2 saturated heterocycles. The molecule has 6 nitrogen and oxygen atoms in total. The molecule has 0 spiro atoms. The molecule has 2 rings (SSSR count). The number of hydrogen-bond acceptors (Lipinski definition) is 4. The fourth-order valence-electron chi connectivity index (χ4n) is 2.53. The van der Waals surface area contributed by atoms with E-state index < -0.39 is 23.3 Å². The van der Waals surface area contributed by atoms with Crippen molar-refractivity contribution in [3.05, 3.63) is 0 Å². The summed E-state index contributed by atoms with van der Waals surface area (Å²) in [5, 5.41) is 9.30. The zero-order chi connectivity index (χ0) is 13.6. The fourth-order valence-corrected chi connectivity index (χ4v) is 2.53. The lowest BCUT2D eigenvalue weighted by atomic mass is 9.91. The molecule has 6 heteroatoms. The zero-order valence-electron chi connectivity index (χ0n) is 10.9. The Morgan fingerprint density at radius 3 is 2.61 bits per heavy atom. The maximum Gasteiger partial charge on any atom is 0.410 e. The van der Waals surface area contributed by atoms with Gasteiger partial charge in [0.2, 0.25) is 0 Å². The van der Waals surface area contributed by atoms with Gasteiger partial charge in [0.25, 0.3) is 0 Å². The molecule has 1 amide bonds. The van der Waals surface area contributed by atoms with Crippen molar-refractivity contribution < 1.29 is 24.2 Å². The van der Waals surface area contributed by atoms with Gasteiger partial charge in [-0.3, -0.25) is 0 Å². The Morgan fingerprint density at radius 2 is 2.11 bits per heavy atom. The van der Waals surface area contributed by atoms with E-state index in [4.69, 9.17) is 9.47 Å². The van der Waals surface area contributed by atoms with Gasteiger partial charge >= 0.3 is 12.1 Å². The minimum atomic E-state index is -1.23. The van der Waals surface area contributed by atoms with Crippen LogP contribution in [0.25, 0.3) is 0 Å². The molecular formula is C12H19NO5. The molecule has 1 N–H and O–H groups in total. The average Bonchev–Trinajstić information content (AvgIpc) is 2.69. The first-order valence-electron chi connectivity index (χ1n) is 6.10. The molecule has 2 atom stereocenters. The van der Waals surface area contributed by atoms with E-state index in [0.717, 1.165) is 0 Å². The van der Waals surface area contributed by atoms with Crippen molar-refractivity contribution in [2.75, 3.05) is 19.7 Å². The molecule has 18 heavy (non-hydrogen) atoms. The van der Waals surface area contributed by atoms with E-state index in [0.29, 0.717) is 19.6 Å². The van der Waals surface area contributed by atoms with Gasteiger partial charge in [-0.1, -0.05) is 0 Å². The van der Waals surface area contributed by atoms with Crippen molar-refractivity contribution in [3.8, 4) is 0 Å². The smallest absolute Gasteiger partial charge is 0.410 e. The highest BCUT2D eigenvalue weighted by Crippen LogP contribution is 2.39. The molecule has 2 unspecified atom stereocenters. The predicted molar refractivity (Wildman–Crippen MR) is 62.2 cm³/mol. The summed E-state index contributed by atoms with van der Waals surface area (Å²) in [4.78, 5) is 24.7. The van der Waals surface area contributed by atoms with E-state index in [-0.39, 0.29) is 12.5 Å². The quantitative estimate of drug-likeness (QED) is 0.761. The van der Waals surface area contributed by atoms with Gasteiger partial charge in [0.15, 0.2) is 5.60 Å². The first-order chi connectivity index (χ1) is 8.24. The number of hydrogen-bond donors (Lipinski definition) is 1. The van der Waals surface area contributed by atoms with Crippen LogP contribution in [0, 0.1) is 5.92 Å². The van der Waals surface area contributed by atoms with Gasteiger partial charge in [0.05, 0.1) is 6.54 Å². The minimum Gasteiger partial charge on any atom is -0.479 e. The number of fused-ring (bicyclic) bond motifs is 1. The first kappa shape index (κ1) is 13.1. The van der Waals surface area contributed by atoms with Crippen LogP contribution in [0.4, 0.5) is 4.79 Å². The normalized spacial score (nSPS) is 31.3. The SMILES string of the molecule is CC(C)(C)OC(=O)N1CC2CCOC2(C(=O)O)C1. The Labute approximate surface area is 106 Å². The van der Waals surface area contributed by atoms with Crippen LogP contribution in [0.3, 0.4) is 0 Å². The van der Waals surface area contributed by atoms with Crippen LogP contribution in [0.15, 0.2) is 0 Å². The van der Waals surface area contributed by atoms with Gasteiger partial charge < -0.3 is 19.5 Å². The van der Waals surface area contributed by atoms with Crippen LogP contribution >= 0.6 is 0 Å². The predicted octanol–water partition coefficient (Wildman–Crippen LogP) is 1.10.